The summed E-state index contributed by atoms with van der Waals surface area (Å²) in [6, 6.07) is 14.7. The number of anilines is 1. The molecule has 0 unspecified atom stereocenters. The number of hydrogen-bond acceptors (Lipinski definition) is 2. The lowest BCUT2D eigenvalue weighted by molar-refractivity contribution is 0.920. The van der Waals surface area contributed by atoms with Crippen LogP contribution < -0.4 is 10.6 Å². The summed E-state index contributed by atoms with van der Waals surface area (Å²) in [6.07, 6.45) is 0. The molecular formula is C17H20N2S. The predicted molar refractivity (Wildman–Crippen MR) is 90.4 cm³/mol. The van der Waals surface area contributed by atoms with Crippen LogP contribution in [0.1, 0.15) is 22.3 Å². The number of nitrogens with two attached hydrogens (primary N) is 1. The largest absolute Gasteiger partial charge is 0.389 e. The van der Waals surface area contributed by atoms with Gasteiger partial charge in [0.15, 0.2) is 0 Å². The van der Waals surface area contributed by atoms with Gasteiger partial charge in [-0.25, -0.2) is 0 Å². The molecule has 0 saturated heterocycles. The zero-order valence-electron chi connectivity index (χ0n) is 12.2. The molecule has 0 radical (unpaired) electrons. The van der Waals surface area contributed by atoms with Crippen molar-refractivity contribution in [3.63, 3.8) is 0 Å². The molecule has 0 amide bonds. The van der Waals surface area contributed by atoms with E-state index in [0.29, 0.717) is 4.99 Å². The maximum Gasteiger partial charge on any atom is 0.106 e. The van der Waals surface area contributed by atoms with Crippen LogP contribution in [0.5, 0.6) is 0 Å². The van der Waals surface area contributed by atoms with E-state index in [1.807, 2.05) is 13.0 Å². The van der Waals surface area contributed by atoms with Crippen molar-refractivity contribution < 1.29 is 0 Å². The van der Waals surface area contributed by atoms with Crippen LogP contribution >= 0.6 is 12.2 Å². The average Bonchev–Trinajstić information content (AvgIpc) is 2.38. The summed E-state index contributed by atoms with van der Waals surface area (Å²) in [6.45, 7) is 4.99. The first-order valence-electron chi connectivity index (χ1n) is 6.64. The Bertz CT molecular complexity index is 635. The van der Waals surface area contributed by atoms with Crippen LogP contribution in [-0.4, -0.2) is 12.0 Å². The highest BCUT2D eigenvalue weighted by Gasteiger charge is 2.10. The Hall–Kier alpha value is -1.87. The van der Waals surface area contributed by atoms with Crippen molar-refractivity contribution in [2.75, 3.05) is 11.9 Å². The number of aryl methyl sites for hydroxylation is 2. The van der Waals surface area contributed by atoms with Crippen molar-refractivity contribution in [1.29, 1.82) is 0 Å². The zero-order valence-corrected chi connectivity index (χ0v) is 13.0. The minimum absolute atomic E-state index is 0.444. The van der Waals surface area contributed by atoms with E-state index in [1.165, 1.54) is 16.7 Å². The molecule has 0 aliphatic heterocycles. The van der Waals surface area contributed by atoms with Gasteiger partial charge in [0.1, 0.15) is 4.99 Å². The number of rotatable bonds is 4. The third kappa shape index (κ3) is 3.36. The van der Waals surface area contributed by atoms with E-state index in [2.05, 4.69) is 55.3 Å². The molecule has 0 aliphatic carbocycles. The van der Waals surface area contributed by atoms with Gasteiger partial charge in [0.05, 0.1) is 0 Å². The quantitative estimate of drug-likeness (QED) is 0.870. The molecule has 0 fully saturated rings. The Labute approximate surface area is 126 Å². The van der Waals surface area contributed by atoms with Crippen LogP contribution in [0.3, 0.4) is 0 Å². The normalized spacial score (nSPS) is 10.3. The van der Waals surface area contributed by atoms with Crippen LogP contribution in [0.15, 0.2) is 42.5 Å². The van der Waals surface area contributed by atoms with Crippen molar-refractivity contribution in [2.45, 2.75) is 20.4 Å². The second kappa shape index (κ2) is 6.06. The van der Waals surface area contributed by atoms with Gasteiger partial charge in [0.25, 0.3) is 0 Å². The number of benzene rings is 2. The fourth-order valence-electron chi connectivity index (χ4n) is 2.35. The fourth-order valence-corrected chi connectivity index (χ4v) is 2.51. The number of nitrogens with zero attached hydrogens (tertiary/aromatic N) is 1. The molecule has 0 aromatic heterocycles. The van der Waals surface area contributed by atoms with E-state index in [4.69, 9.17) is 18.0 Å². The molecule has 0 spiro atoms. The molecule has 0 aliphatic rings. The van der Waals surface area contributed by atoms with Gasteiger partial charge in [0, 0.05) is 24.8 Å². The Balaban J connectivity index is 2.29. The lowest BCUT2D eigenvalue weighted by atomic mass is 10.1. The third-order valence-electron chi connectivity index (χ3n) is 3.33. The number of hydrogen-bond donors (Lipinski definition) is 1. The summed E-state index contributed by atoms with van der Waals surface area (Å²) >= 11 is 5.16. The summed E-state index contributed by atoms with van der Waals surface area (Å²) in [4.78, 5) is 2.63. The summed E-state index contributed by atoms with van der Waals surface area (Å²) in [5.41, 5.74) is 11.6. The molecule has 2 nitrogen and oxygen atoms in total. The van der Waals surface area contributed by atoms with Crippen molar-refractivity contribution in [1.82, 2.24) is 0 Å². The van der Waals surface area contributed by atoms with Crippen molar-refractivity contribution in [2.24, 2.45) is 5.73 Å². The Morgan fingerprint density at radius 1 is 1.10 bits per heavy atom. The highest BCUT2D eigenvalue weighted by Crippen LogP contribution is 2.22. The Kier molecular flexibility index (Phi) is 4.40. The first kappa shape index (κ1) is 14.5. The second-order valence-electron chi connectivity index (χ2n) is 5.23. The summed E-state index contributed by atoms with van der Waals surface area (Å²) in [7, 11) is 2.06. The molecular weight excluding hydrogens is 264 g/mol. The molecule has 2 rings (SSSR count). The first-order valence-corrected chi connectivity index (χ1v) is 7.05. The molecule has 20 heavy (non-hydrogen) atoms. The second-order valence-corrected chi connectivity index (χ2v) is 5.67. The van der Waals surface area contributed by atoms with Crippen LogP contribution in [0, 0.1) is 13.8 Å². The smallest absolute Gasteiger partial charge is 0.106 e. The lowest BCUT2D eigenvalue weighted by Gasteiger charge is -2.23. The average molecular weight is 284 g/mol. The van der Waals surface area contributed by atoms with E-state index in [1.54, 1.807) is 0 Å². The molecule has 2 N–H and O–H groups in total. The predicted octanol–water partition coefficient (Wildman–Crippen LogP) is 3.57. The van der Waals surface area contributed by atoms with Gasteiger partial charge < -0.3 is 10.6 Å². The van der Waals surface area contributed by atoms with Gasteiger partial charge in [-0.1, -0.05) is 53.7 Å². The van der Waals surface area contributed by atoms with E-state index in [0.717, 1.165) is 17.8 Å². The minimum atomic E-state index is 0.444. The van der Waals surface area contributed by atoms with Gasteiger partial charge in [-0.05, 0) is 31.5 Å². The standard InChI is InChI=1S/C17H20N2S/c1-12-5-4-6-14(9-12)11-19(3)16-8-7-13(2)10-15(16)17(18)20/h4-10H,11H2,1-3H3,(H2,18,20). The topological polar surface area (TPSA) is 29.3 Å². The van der Waals surface area contributed by atoms with Crippen LogP contribution in [0.4, 0.5) is 5.69 Å². The summed E-state index contributed by atoms with van der Waals surface area (Å²) in [5.74, 6) is 0. The fraction of sp³-hybridized carbons (Fsp3) is 0.235. The molecule has 2 aromatic carbocycles. The maximum atomic E-state index is 5.84. The lowest BCUT2D eigenvalue weighted by Crippen LogP contribution is -2.21. The summed E-state index contributed by atoms with van der Waals surface area (Å²) in [5, 5.41) is 0. The highest BCUT2D eigenvalue weighted by molar-refractivity contribution is 7.80. The minimum Gasteiger partial charge on any atom is -0.389 e. The van der Waals surface area contributed by atoms with Crippen molar-refractivity contribution >= 4 is 22.9 Å². The van der Waals surface area contributed by atoms with Crippen molar-refractivity contribution in [3.8, 4) is 0 Å². The molecule has 0 heterocycles. The van der Waals surface area contributed by atoms with E-state index in [9.17, 15) is 0 Å². The van der Waals surface area contributed by atoms with E-state index >= 15 is 0 Å². The molecule has 104 valence electrons. The van der Waals surface area contributed by atoms with E-state index in [-0.39, 0.29) is 0 Å². The van der Waals surface area contributed by atoms with Gasteiger partial charge >= 0.3 is 0 Å². The Morgan fingerprint density at radius 3 is 2.45 bits per heavy atom. The highest BCUT2D eigenvalue weighted by atomic mass is 32.1. The monoisotopic (exact) mass is 284 g/mol. The van der Waals surface area contributed by atoms with Gasteiger partial charge in [-0.2, -0.15) is 0 Å². The molecule has 2 aromatic rings. The first-order chi connectivity index (χ1) is 9.47. The van der Waals surface area contributed by atoms with Crippen molar-refractivity contribution in [3.05, 3.63) is 64.7 Å². The van der Waals surface area contributed by atoms with Crippen LogP contribution in [0.25, 0.3) is 0 Å². The third-order valence-corrected chi connectivity index (χ3v) is 3.55. The van der Waals surface area contributed by atoms with E-state index < -0.39 is 0 Å². The SMILES string of the molecule is Cc1cccc(CN(C)c2ccc(C)cc2C(N)=S)c1. The molecule has 0 saturated carbocycles. The van der Waals surface area contributed by atoms with Crippen LogP contribution in [-0.2, 0) is 6.54 Å². The maximum absolute atomic E-state index is 5.84. The molecule has 3 heteroatoms. The molecule has 0 bridgehead atoms. The van der Waals surface area contributed by atoms with Crippen LogP contribution in [0.2, 0.25) is 0 Å². The van der Waals surface area contributed by atoms with Gasteiger partial charge in [-0.15, -0.1) is 0 Å². The number of thiocarbonyl (C=S) groups is 1. The zero-order chi connectivity index (χ0) is 14.7. The summed E-state index contributed by atoms with van der Waals surface area (Å²) < 4.78 is 0. The van der Waals surface area contributed by atoms with Gasteiger partial charge in [0.2, 0.25) is 0 Å². The Morgan fingerprint density at radius 2 is 1.80 bits per heavy atom. The van der Waals surface area contributed by atoms with Gasteiger partial charge in [-0.3, -0.25) is 0 Å². The molecule has 0 atom stereocenters.